The van der Waals surface area contributed by atoms with Gasteiger partial charge in [-0.3, -0.25) is 4.79 Å². The molecule has 0 bridgehead atoms. The van der Waals surface area contributed by atoms with Crippen LogP contribution in [0.4, 0.5) is 5.13 Å². The second kappa shape index (κ2) is 8.60. The molecule has 1 fully saturated rings. The maximum Gasteiger partial charge on any atom is 0.274 e. The Kier molecular flexibility index (Phi) is 5.91. The van der Waals surface area contributed by atoms with Gasteiger partial charge in [-0.1, -0.05) is 64.9 Å². The Morgan fingerprint density at radius 2 is 1.90 bits per heavy atom. The number of benzene rings is 2. The second-order valence-electron chi connectivity index (χ2n) is 8.47. The number of nitrogens with two attached hydrogens (primary N) is 1. The number of hydrogen-bond donors (Lipinski definition) is 1. The van der Waals surface area contributed by atoms with Gasteiger partial charge in [0, 0.05) is 13.1 Å². The zero-order valence-electron chi connectivity index (χ0n) is 17.9. The van der Waals surface area contributed by atoms with E-state index in [-0.39, 0.29) is 5.91 Å². The molecule has 156 valence electrons. The molecule has 1 aliphatic rings. The first-order chi connectivity index (χ1) is 14.4. The van der Waals surface area contributed by atoms with Gasteiger partial charge in [-0.05, 0) is 62.6 Å². The monoisotopic (exact) mass is 419 g/mol. The first-order valence-corrected chi connectivity index (χ1v) is 11.4. The van der Waals surface area contributed by atoms with Crippen molar-refractivity contribution in [3.05, 3.63) is 70.4 Å². The Bertz CT molecular complexity index is 1070. The van der Waals surface area contributed by atoms with E-state index in [4.69, 9.17) is 5.73 Å². The van der Waals surface area contributed by atoms with Crippen LogP contribution in [-0.4, -0.2) is 28.9 Å². The summed E-state index contributed by atoms with van der Waals surface area (Å²) in [6.45, 7) is 7.81. The number of carbonyl (C=O) groups is 1. The van der Waals surface area contributed by atoms with E-state index < -0.39 is 0 Å². The second-order valence-corrected chi connectivity index (χ2v) is 9.50. The lowest BCUT2D eigenvalue weighted by atomic mass is 10.0. The van der Waals surface area contributed by atoms with Crippen molar-refractivity contribution < 1.29 is 4.79 Å². The maximum absolute atomic E-state index is 13.6. The number of nitrogen functional groups attached to an aromatic ring is 1. The zero-order chi connectivity index (χ0) is 21.3. The fourth-order valence-electron chi connectivity index (χ4n) is 3.88. The fourth-order valence-corrected chi connectivity index (χ4v) is 4.70. The molecule has 4 rings (SSSR count). The molecule has 1 aromatic heterocycles. The summed E-state index contributed by atoms with van der Waals surface area (Å²) in [7, 11) is 0. The molecule has 3 aromatic rings. The van der Waals surface area contributed by atoms with E-state index in [9.17, 15) is 4.79 Å². The van der Waals surface area contributed by atoms with E-state index in [1.807, 2.05) is 17.0 Å². The quantitative estimate of drug-likeness (QED) is 0.557. The van der Waals surface area contributed by atoms with E-state index in [2.05, 4.69) is 56.1 Å². The number of thiazole rings is 1. The average Bonchev–Trinajstić information content (AvgIpc) is 3.44. The Balaban J connectivity index is 1.59. The number of amides is 1. The summed E-state index contributed by atoms with van der Waals surface area (Å²) in [6.07, 6.45) is 3.26. The van der Waals surface area contributed by atoms with Crippen molar-refractivity contribution in [2.24, 2.45) is 5.92 Å². The minimum atomic E-state index is -0.00359. The number of anilines is 1. The molecule has 0 atom stereocenters. The largest absolute Gasteiger partial charge is 0.375 e. The minimum Gasteiger partial charge on any atom is -0.375 e. The van der Waals surface area contributed by atoms with Crippen molar-refractivity contribution in [1.29, 1.82) is 0 Å². The van der Waals surface area contributed by atoms with E-state index in [1.54, 1.807) is 0 Å². The van der Waals surface area contributed by atoms with Gasteiger partial charge in [-0.15, -0.1) is 0 Å². The highest BCUT2D eigenvalue weighted by Gasteiger charge is 2.30. The highest BCUT2D eigenvalue weighted by molar-refractivity contribution is 7.19. The molecule has 2 N–H and O–H groups in total. The van der Waals surface area contributed by atoms with Gasteiger partial charge in [0.05, 0.1) is 4.88 Å². The lowest BCUT2D eigenvalue weighted by Gasteiger charge is -2.23. The third-order valence-electron chi connectivity index (χ3n) is 5.74. The molecule has 1 amide bonds. The zero-order valence-corrected chi connectivity index (χ0v) is 18.8. The van der Waals surface area contributed by atoms with Crippen molar-refractivity contribution in [2.75, 3.05) is 18.8 Å². The summed E-state index contributed by atoms with van der Waals surface area (Å²) in [6, 6.07) is 14.7. The third kappa shape index (κ3) is 4.73. The summed E-state index contributed by atoms with van der Waals surface area (Å²) in [5.41, 5.74) is 12.5. The molecule has 1 saturated carbocycles. The Morgan fingerprint density at radius 3 is 2.60 bits per heavy atom. The highest BCUT2D eigenvalue weighted by atomic mass is 32.1. The van der Waals surface area contributed by atoms with Crippen LogP contribution in [0, 0.1) is 26.7 Å². The molecule has 1 heterocycles. The van der Waals surface area contributed by atoms with Gasteiger partial charge >= 0.3 is 0 Å². The van der Waals surface area contributed by atoms with E-state index in [0.29, 0.717) is 23.3 Å². The Morgan fingerprint density at radius 1 is 1.13 bits per heavy atom. The molecule has 0 aliphatic heterocycles. The van der Waals surface area contributed by atoms with Crippen LogP contribution in [0.25, 0.3) is 10.4 Å². The third-order valence-corrected chi connectivity index (χ3v) is 6.67. The van der Waals surface area contributed by atoms with Crippen molar-refractivity contribution in [1.82, 2.24) is 9.88 Å². The number of aryl methyl sites for hydroxylation is 3. The van der Waals surface area contributed by atoms with Gasteiger partial charge in [0.1, 0.15) is 5.69 Å². The summed E-state index contributed by atoms with van der Waals surface area (Å²) < 4.78 is 0. The van der Waals surface area contributed by atoms with E-state index >= 15 is 0 Å². The standard InChI is InChI=1S/C25H29N3OS/c1-16-5-4-6-21(14-16)23-22(27-25(26)30-23)24(29)28(15-19-8-9-19)12-11-20-10-7-17(2)13-18(20)3/h4-7,10,13-14,19H,8-9,11-12,15H2,1-3H3,(H2,26,27). The van der Waals surface area contributed by atoms with Gasteiger partial charge in [0.25, 0.3) is 5.91 Å². The molecular weight excluding hydrogens is 390 g/mol. The average molecular weight is 420 g/mol. The van der Waals surface area contributed by atoms with Crippen molar-refractivity contribution in [2.45, 2.75) is 40.0 Å². The van der Waals surface area contributed by atoms with Crippen LogP contribution < -0.4 is 5.73 Å². The molecule has 0 unspecified atom stereocenters. The number of aromatic nitrogens is 1. The normalized spacial score (nSPS) is 13.4. The predicted octanol–water partition coefficient (Wildman–Crippen LogP) is 5.41. The fraction of sp³-hybridized carbons (Fsp3) is 0.360. The van der Waals surface area contributed by atoms with Crippen LogP contribution >= 0.6 is 11.3 Å². The molecule has 5 heteroatoms. The van der Waals surface area contributed by atoms with Gasteiger partial charge in [-0.25, -0.2) is 4.98 Å². The molecule has 30 heavy (non-hydrogen) atoms. The van der Waals surface area contributed by atoms with Crippen molar-refractivity contribution in [3.8, 4) is 10.4 Å². The van der Waals surface area contributed by atoms with Crippen LogP contribution in [0.5, 0.6) is 0 Å². The lowest BCUT2D eigenvalue weighted by molar-refractivity contribution is 0.0745. The highest BCUT2D eigenvalue weighted by Crippen LogP contribution is 2.35. The maximum atomic E-state index is 13.6. The van der Waals surface area contributed by atoms with E-state index in [0.717, 1.165) is 29.0 Å². The first kappa shape index (κ1) is 20.6. The van der Waals surface area contributed by atoms with Crippen LogP contribution in [0.1, 0.15) is 45.6 Å². The Labute approximate surface area is 182 Å². The van der Waals surface area contributed by atoms with Crippen molar-refractivity contribution in [3.63, 3.8) is 0 Å². The van der Waals surface area contributed by atoms with Crippen LogP contribution in [0.2, 0.25) is 0 Å². The van der Waals surface area contributed by atoms with Gasteiger partial charge in [0.15, 0.2) is 5.13 Å². The summed E-state index contributed by atoms with van der Waals surface area (Å²) in [5.74, 6) is 0.614. The summed E-state index contributed by atoms with van der Waals surface area (Å²) in [4.78, 5) is 20.9. The van der Waals surface area contributed by atoms with Crippen LogP contribution in [0.3, 0.4) is 0 Å². The van der Waals surface area contributed by atoms with Crippen LogP contribution in [0.15, 0.2) is 42.5 Å². The minimum absolute atomic E-state index is 0.00359. The molecular formula is C25H29N3OS. The SMILES string of the molecule is Cc1cccc(-c2sc(N)nc2C(=O)N(CCc2ccc(C)cc2C)CC2CC2)c1. The van der Waals surface area contributed by atoms with E-state index in [1.165, 1.54) is 40.9 Å². The van der Waals surface area contributed by atoms with Crippen molar-refractivity contribution >= 4 is 22.4 Å². The number of rotatable bonds is 7. The molecule has 0 saturated heterocycles. The van der Waals surface area contributed by atoms with Gasteiger partial charge < -0.3 is 10.6 Å². The smallest absolute Gasteiger partial charge is 0.274 e. The number of nitrogens with zero attached hydrogens (tertiary/aromatic N) is 2. The molecule has 1 aliphatic carbocycles. The van der Waals surface area contributed by atoms with Gasteiger partial charge in [0.2, 0.25) is 0 Å². The molecule has 4 nitrogen and oxygen atoms in total. The van der Waals surface area contributed by atoms with Crippen LogP contribution in [-0.2, 0) is 6.42 Å². The first-order valence-electron chi connectivity index (χ1n) is 10.6. The molecule has 0 radical (unpaired) electrons. The predicted molar refractivity (Wildman–Crippen MR) is 125 cm³/mol. The Hall–Kier alpha value is -2.66. The van der Waals surface area contributed by atoms with Gasteiger partial charge in [-0.2, -0.15) is 0 Å². The number of hydrogen-bond acceptors (Lipinski definition) is 4. The molecule has 0 spiro atoms. The summed E-state index contributed by atoms with van der Waals surface area (Å²) in [5, 5.41) is 0.440. The molecule has 2 aromatic carbocycles. The summed E-state index contributed by atoms with van der Waals surface area (Å²) >= 11 is 1.39. The number of carbonyl (C=O) groups excluding carboxylic acids is 1. The lowest BCUT2D eigenvalue weighted by Crippen LogP contribution is -2.35. The topological polar surface area (TPSA) is 59.2 Å².